The summed E-state index contributed by atoms with van der Waals surface area (Å²) in [6.07, 6.45) is 7.26. The zero-order chi connectivity index (χ0) is 20.4. The number of aryl methyl sites for hydroxylation is 1. The third-order valence-corrected chi connectivity index (χ3v) is 4.54. The summed E-state index contributed by atoms with van der Waals surface area (Å²) in [5, 5.41) is 12.0. The molecule has 0 fully saturated rings. The Bertz CT molecular complexity index is 784. The lowest BCUT2D eigenvalue weighted by atomic mass is 10.1. The molecule has 0 aliphatic carbocycles. The molecule has 2 aromatic rings. The first-order valence-electron chi connectivity index (χ1n) is 9.89. The van der Waals surface area contributed by atoms with Crippen molar-refractivity contribution in [2.24, 2.45) is 0 Å². The third kappa shape index (κ3) is 6.72. The van der Waals surface area contributed by atoms with Gasteiger partial charge in [0.1, 0.15) is 5.75 Å². The van der Waals surface area contributed by atoms with E-state index < -0.39 is 5.97 Å². The van der Waals surface area contributed by atoms with Gasteiger partial charge in [-0.15, -0.1) is 0 Å². The van der Waals surface area contributed by atoms with Crippen LogP contribution >= 0.6 is 0 Å². The van der Waals surface area contributed by atoms with Crippen LogP contribution in [0, 0.1) is 6.92 Å². The molecule has 2 rings (SSSR count). The molecule has 2 aromatic carbocycles. The van der Waals surface area contributed by atoms with Crippen LogP contribution in [0.4, 0.5) is 5.69 Å². The normalized spacial score (nSPS) is 10.5. The molecule has 5 heteroatoms. The minimum atomic E-state index is -1.08. The summed E-state index contributed by atoms with van der Waals surface area (Å²) in [5.41, 5.74) is 1.68. The van der Waals surface area contributed by atoms with E-state index in [-0.39, 0.29) is 11.5 Å². The van der Waals surface area contributed by atoms with Gasteiger partial charge in [0.05, 0.1) is 17.9 Å². The molecule has 1 amide bonds. The first-order chi connectivity index (χ1) is 13.5. The zero-order valence-corrected chi connectivity index (χ0v) is 16.7. The van der Waals surface area contributed by atoms with Crippen LogP contribution in [0.5, 0.6) is 5.75 Å². The van der Waals surface area contributed by atoms with Crippen molar-refractivity contribution in [3.63, 3.8) is 0 Å². The van der Waals surface area contributed by atoms with Crippen molar-refractivity contribution in [3.05, 3.63) is 59.2 Å². The lowest BCUT2D eigenvalue weighted by molar-refractivity contribution is 0.0698. The minimum absolute atomic E-state index is 0.0674. The summed E-state index contributed by atoms with van der Waals surface area (Å²) in [5.74, 6) is -0.698. The van der Waals surface area contributed by atoms with Gasteiger partial charge in [0.15, 0.2) is 0 Å². The Labute approximate surface area is 166 Å². The topological polar surface area (TPSA) is 75.6 Å². The van der Waals surface area contributed by atoms with Crippen LogP contribution in [0.15, 0.2) is 42.5 Å². The maximum absolute atomic E-state index is 12.5. The van der Waals surface area contributed by atoms with E-state index in [1.54, 1.807) is 36.4 Å². The van der Waals surface area contributed by atoms with Crippen LogP contribution < -0.4 is 10.1 Å². The third-order valence-electron chi connectivity index (χ3n) is 4.54. The highest BCUT2D eigenvalue weighted by Crippen LogP contribution is 2.20. The van der Waals surface area contributed by atoms with Crippen molar-refractivity contribution in [2.45, 2.75) is 52.4 Å². The standard InChI is InChI=1S/C23H29NO4/c1-3-4-5-6-7-8-15-28-19-12-10-18(11-13-19)22(25)24-21-16-17(2)9-14-20(21)23(26)27/h9-14,16H,3-8,15H2,1-2H3,(H,24,25)(H,26,27). The molecule has 0 aromatic heterocycles. The van der Waals surface area contributed by atoms with E-state index >= 15 is 0 Å². The summed E-state index contributed by atoms with van der Waals surface area (Å²) in [6.45, 7) is 4.72. The van der Waals surface area contributed by atoms with Gasteiger partial charge in [0.25, 0.3) is 5.91 Å². The van der Waals surface area contributed by atoms with Crippen molar-refractivity contribution >= 4 is 17.6 Å². The molecule has 0 spiro atoms. The van der Waals surface area contributed by atoms with E-state index in [9.17, 15) is 14.7 Å². The van der Waals surface area contributed by atoms with Crippen LogP contribution in [0.2, 0.25) is 0 Å². The van der Waals surface area contributed by atoms with Crippen LogP contribution in [0.1, 0.15) is 71.7 Å². The molecule has 0 heterocycles. The van der Waals surface area contributed by atoms with E-state index in [2.05, 4.69) is 12.2 Å². The molecule has 0 aliphatic rings. The average Bonchev–Trinajstić information content (AvgIpc) is 2.67. The van der Waals surface area contributed by atoms with E-state index in [1.807, 2.05) is 6.92 Å². The van der Waals surface area contributed by atoms with Crippen LogP contribution in [0.25, 0.3) is 0 Å². The molecule has 0 unspecified atom stereocenters. The number of ether oxygens (including phenoxy) is 1. The molecule has 0 saturated heterocycles. The number of hydrogen-bond donors (Lipinski definition) is 2. The molecule has 150 valence electrons. The van der Waals surface area contributed by atoms with Gasteiger partial charge in [-0.3, -0.25) is 4.79 Å². The van der Waals surface area contributed by atoms with Gasteiger partial charge < -0.3 is 15.2 Å². The number of nitrogens with one attached hydrogen (secondary N) is 1. The number of aromatic carboxylic acids is 1. The molecule has 2 N–H and O–H groups in total. The highest BCUT2D eigenvalue weighted by atomic mass is 16.5. The number of carbonyl (C=O) groups is 2. The fraction of sp³-hybridized carbons (Fsp3) is 0.391. The average molecular weight is 383 g/mol. The number of unbranched alkanes of at least 4 members (excludes halogenated alkanes) is 5. The first kappa shape index (κ1) is 21.5. The molecule has 0 aliphatic heterocycles. The highest BCUT2D eigenvalue weighted by molar-refractivity contribution is 6.07. The number of hydrogen-bond acceptors (Lipinski definition) is 3. The summed E-state index contributed by atoms with van der Waals surface area (Å²) in [4.78, 5) is 23.8. The van der Waals surface area contributed by atoms with Gasteiger partial charge in [-0.1, -0.05) is 45.1 Å². The van der Waals surface area contributed by atoms with Crippen LogP contribution in [-0.4, -0.2) is 23.6 Å². The largest absolute Gasteiger partial charge is 0.494 e. The number of carbonyl (C=O) groups excluding carboxylic acids is 1. The van der Waals surface area contributed by atoms with E-state index in [0.29, 0.717) is 17.9 Å². The van der Waals surface area contributed by atoms with Gasteiger partial charge in [-0.2, -0.15) is 0 Å². The molecular formula is C23H29NO4. The monoisotopic (exact) mass is 383 g/mol. The Morgan fingerprint density at radius 2 is 1.64 bits per heavy atom. The number of amides is 1. The summed E-state index contributed by atoms with van der Waals surface area (Å²) in [6, 6.07) is 11.7. The number of carboxylic acid groups (broad SMARTS) is 1. The maximum Gasteiger partial charge on any atom is 0.337 e. The Kier molecular flexibility index (Phi) is 8.53. The maximum atomic E-state index is 12.5. The summed E-state index contributed by atoms with van der Waals surface area (Å²) < 4.78 is 5.72. The number of benzene rings is 2. The number of carboxylic acids is 1. The van der Waals surface area contributed by atoms with Crippen LogP contribution in [0.3, 0.4) is 0 Å². The highest BCUT2D eigenvalue weighted by Gasteiger charge is 2.14. The van der Waals surface area contributed by atoms with Gasteiger partial charge in [-0.05, 0) is 55.3 Å². The molecule has 0 saturated carbocycles. The van der Waals surface area contributed by atoms with Crippen molar-refractivity contribution < 1.29 is 19.4 Å². The van der Waals surface area contributed by atoms with E-state index in [4.69, 9.17) is 4.74 Å². The summed E-state index contributed by atoms with van der Waals surface area (Å²) in [7, 11) is 0. The Hall–Kier alpha value is -2.82. The minimum Gasteiger partial charge on any atom is -0.494 e. The zero-order valence-electron chi connectivity index (χ0n) is 16.7. The van der Waals surface area contributed by atoms with Crippen molar-refractivity contribution in [2.75, 3.05) is 11.9 Å². The fourth-order valence-electron chi connectivity index (χ4n) is 2.92. The smallest absolute Gasteiger partial charge is 0.337 e. The van der Waals surface area contributed by atoms with Crippen molar-refractivity contribution in [3.8, 4) is 5.75 Å². The molecule has 28 heavy (non-hydrogen) atoms. The number of anilines is 1. The van der Waals surface area contributed by atoms with E-state index in [1.165, 1.54) is 38.2 Å². The summed E-state index contributed by atoms with van der Waals surface area (Å²) >= 11 is 0. The van der Waals surface area contributed by atoms with Crippen molar-refractivity contribution in [1.29, 1.82) is 0 Å². The SMILES string of the molecule is CCCCCCCCOc1ccc(C(=O)Nc2cc(C)ccc2C(=O)O)cc1. The van der Waals surface area contributed by atoms with Gasteiger partial charge in [-0.25, -0.2) is 4.79 Å². The molecule has 0 radical (unpaired) electrons. The predicted molar refractivity (Wildman–Crippen MR) is 111 cm³/mol. The van der Waals surface area contributed by atoms with Gasteiger partial charge in [0, 0.05) is 5.56 Å². The predicted octanol–water partition coefficient (Wildman–Crippen LogP) is 5.68. The molecule has 0 bridgehead atoms. The Balaban J connectivity index is 1.87. The van der Waals surface area contributed by atoms with Crippen molar-refractivity contribution in [1.82, 2.24) is 0 Å². The quantitative estimate of drug-likeness (QED) is 0.489. The molecule has 0 atom stereocenters. The first-order valence-corrected chi connectivity index (χ1v) is 9.89. The Morgan fingerprint density at radius 3 is 2.32 bits per heavy atom. The molecular weight excluding hydrogens is 354 g/mol. The fourth-order valence-corrected chi connectivity index (χ4v) is 2.92. The second-order valence-corrected chi connectivity index (χ2v) is 6.95. The van der Waals surface area contributed by atoms with Crippen LogP contribution in [-0.2, 0) is 0 Å². The number of rotatable bonds is 11. The van der Waals surface area contributed by atoms with Gasteiger partial charge in [0.2, 0.25) is 0 Å². The Morgan fingerprint density at radius 1 is 0.964 bits per heavy atom. The van der Waals surface area contributed by atoms with E-state index in [0.717, 1.165) is 17.7 Å². The lowest BCUT2D eigenvalue weighted by Gasteiger charge is -2.10. The van der Waals surface area contributed by atoms with Gasteiger partial charge >= 0.3 is 5.97 Å². The second-order valence-electron chi connectivity index (χ2n) is 6.95. The lowest BCUT2D eigenvalue weighted by Crippen LogP contribution is -2.15. The second kappa shape index (κ2) is 11.1. The molecule has 5 nitrogen and oxygen atoms in total.